The van der Waals surface area contributed by atoms with Gasteiger partial charge in [-0.05, 0) is 43.0 Å². The normalized spacial score (nSPS) is 11.9. The second kappa shape index (κ2) is 6.38. The third kappa shape index (κ3) is 3.08. The molecule has 1 atom stereocenters. The maximum atomic E-state index is 12.3. The standard InChI is InChI=1S/C18H20O2/c1-4-16-13(2)9-8-12-17(16)18(19)20-14(3)15-10-6-5-7-11-15/h5-12,14H,4H2,1-3H3. The van der Waals surface area contributed by atoms with E-state index in [1.807, 2.05) is 62.4 Å². The predicted octanol–water partition coefficient (Wildman–Crippen LogP) is 4.48. The van der Waals surface area contributed by atoms with E-state index in [0.717, 1.165) is 23.1 Å². The van der Waals surface area contributed by atoms with Crippen molar-refractivity contribution in [2.75, 3.05) is 0 Å². The minimum atomic E-state index is -0.248. The van der Waals surface area contributed by atoms with Gasteiger partial charge in [-0.3, -0.25) is 0 Å². The number of esters is 1. The lowest BCUT2D eigenvalue weighted by Gasteiger charge is -2.16. The predicted molar refractivity (Wildman–Crippen MR) is 80.8 cm³/mol. The van der Waals surface area contributed by atoms with Gasteiger partial charge in [0.15, 0.2) is 0 Å². The van der Waals surface area contributed by atoms with Crippen LogP contribution in [-0.2, 0) is 11.2 Å². The van der Waals surface area contributed by atoms with Gasteiger partial charge in [-0.15, -0.1) is 0 Å². The SMILES string of the molecule is CCc1c(C)cccc1C(=O)OC(C)c1ccccc1. The summed E-state index contributed by atoms with van der Waals surface area (Å²) < 4.78 is 5.58. The van der Waals surface area contributed by atoms with Crippen molar-refractivity contribution in [3.63, 3.8) is 0 Å². The molecule has 2 aromatic rings. The molecule has 0 radical (unpaired) electrons. The second-order valence-corrected chi connectivity index (χ2v) is 4.91. The molecule has 0 aliphatic heterocycles. The number of benzene rings is 2. The zero-order valence-electron chi connectivity index (χ0n) is 12.2. The number of hydrogen-bond donors (Lipinski definition) is 0. The zero-order valence-corrected chi connectivity index (χ0v) is 12.2. The van der Waals surface area contributed by atoms with Gasteiger partial charge in [0.1, 0.15) is 6.10 Å². The quantitative estimate of drug-likeness (QED) is 0.764. The Labute approximate surface area is 120 Å². The average Bonchev–Trinajstić information content (AvgIpc) is 2.47. The minimum Gasteiger partial charge on any atom is -0.454 e. The van der Waals surface area contributed by atoms with Crippen LogP contribution in [0.2, 0.25) is 0 Å². The van der Waals surface area contributed by atoms with Gasteiger partial charge in [0.2, 0.25) is 0 Å². The van der Waals surface area contributed by atoms with E-state index in [1.54, 1.807) is 0 Å². The molecule has 0 aliphatic rings. The first-order chi connectivity index (χ1) is 9.63. The van der Waals surface area contributed by atoms with Crippen LogP contribution >= 0.6 is 0 Å². The van der Waals surface area contributed by atoms with Crippen molar-refractivity contribution < 1.29 is 9.53 Å². The van der Waals surface area contributed by atoms with Gasteiger partial charge in [0.25, 0.3) is 0 Å². The van der Waals surface area contributed by atoms with E-state index in [0.29, 0.717) is 5.56 Å². The molecule has 20 heavy (non-hydrogen) atoms. The van der Waals surface area contributed by atoms with Gasteiger partial charge >= 0.3 is 5.97 Å². The zero-order chi connectivity index (χ0) is 14.5. The summed E-state index contributed by atoms with van der Waals surface area (Å²) in [4.78, 5) is 12.3. The summed E-state index contributed by atoms with van der Waals surface area (Å²) in [5, 5.41) is 0. The van der Waals surface area contributed by atoms with Crippen molar-refractivity contribution in [2.24, 2.45) is 0 Å². The van der Waals surface area contributed by atoms with Crippen molar-refractivity contribution in [3.8, 4) is 0 Å². The Morgan fingerprint density at radius 1 is 1.10 bits per heavy atom. The molecule has 0 saturated heterocycles. The van der Waals surface area contributed by atoms with Crippen LogP contribution in [0.25, 0.3) is 0 Å². The Bertz CT molecular complexity index is 588. The number of rotatable bonds is 4. The first kappa shape index (κ1) is 14.3. The molecule has 0 amide bonds. The molecular formula is C18H20O2. The summed E-state index contributed by atoms with van der Waals surface area (Å²) in [5.41, 5.74) is 3.88. The fourth-order valence-corrected chi connectivity index (χ4v) is 2.38. The molecule has 0 fully saturated rings. The highest BCUT2D eigenvalue weighted by molar-refractivity contribution is 5.91. The topological polar surface area (TPSA) is 26.3 Å². The van der Waals surface area contributed by atoms with E-state index in [-0.39, 0.29) is 12.1 Å². The first-order valence-corrected chi connectivity index (χ1v) is 6.98. The molecule has 0 aromatic heterocycles. The van der Waals surface area contributed by atoms with E-state index in [2.05, 4.69) is 6.92 Å². The fraction of sp³-hybridized carbons (Fsp3) is 0.278. The molecule has 104 valence electrons. The number of hydrogen-bond acceptors (Lipinski definition) is 2. The molecule has 0 saturated carbocycles. The highest BCUT2D eigenvalue weighted by atomic mass is 16.5. The number of carbonyl (C=O) groups is 1. The van der Waals surface area contributed by atoms with Crippen molar-refractivity contribution >= 4 is 5.97 Å². The largest absolute Gasteiger partial charge is 0.454 e. The molecule has 0 N–H and O–H groups in total. The van der Waals surface area contributed by atoms with E-state index in [1.165, 1.54) is 0 Å². The Hall–Kier alpha value is -2.09. The van der Waals surface area contributed by atoms with Crippen LogP contribution in [0.1, 0.15) is 47.0 Å². The number of aryl methyl sites for hydroxylation is 1. The van der Waals surface area contributed by atoms with Gasteiger partial charge in [0, 0.05) is 0 Å². The molecule has 2 rings (SSSR count). The lowest BCUT2D eigenvalue weighted by atomic mass is 10.00. The maximum Gasteiger partial charge on any atom is 0.339 e. The van der Waals surface area contributed by atoms with E-state index in [9.17, 15) is 4.79 Å². The van der Waals surface area contributed by atoms with Crippen LogP contribution in [0.3, 0.4) is 0 Å². The highest BCUT2D eigenvalue weighted by Crippen LogP contribution is 2.21. The van der Waals surface area contributed by atoms with Crippen molar-refractivity contribution in [1.82, 2.24) is 0 Å². The van der Waals surface area contributed by atoms with Crippen LogP contribution in [0.15, 0.2) is 48.5 Å². The summed E-state index contributed by atoms with van der Waals surface area (Å²) >= 11 is 0. The van der Waals surface area contributed by atoms with E-state index in [4.69, 9.17) is 4.74 Å². The Balaban J connectivity index is 2.19. The smallest absolute Gasteiger partial charge is 0.339 e. The van der Waals surface area contributed by atoms with Gasteiger partial charge < -0.3 is 4.74 Å². The molecule has 1 unspecified atom stereocenters. The van der Waals surface area contributed by atoms with Crippen molar-refractivity contribution in [3.05, 3.63) is 70.8 Å². The molecule has 2 aromatic carbocycles. The summed E-state index contributed by atoms with van der Waals surface area (Å²) in [6.45, 7) is 5.98. The average molecular weight is 268 g/mol. The molecular weight excluding hydrogens is 248 g/mol. The van der Waals surface area contributed by atoms with Gasteiger partial charge in [0.05, 0.1) is 5.56 Å². The van der Waals surface area contributed by atoms with Gasteiger partial charge in [-0.2, -0.15) is 0 Å². The second-order valence-electron chi connectivity index (χ2n) is 4.91. The van der Waals surface area contributed by atoms with E-state index < -0.39 is 0 Å². The van der Waals surface area contributed by atoms with E-state index >= 15 is 0 Å². The molecule has 0 heterocycles. The molecule has 0 aliphatic carbocycles. The summed E-state index contributed by atoms with van der Waals surface area (Å²) in [6, 6.07) is 15.5. The van der Waals surface area contributed by atoms with Crippen molar-refractivity contribution in [1.29, 1.82) is 0 Å². The lowest BCUT2D eigenvalue weighted by molar-refractivity contribution is 0.0336. The van der Waals surface area contributed by atoms with Crippen LogP contribution < -0.4 is 0 Å². The van der Waals surface area contributed by atoms with Crippen LogP contribution in [0, 0.1) is 6.92 Å². The van der Waals surface area contributed by atoms with Crippen molar-refractivity contribution in [2.45, 2.75) is 33.3 Å². The molecule has 0 bridgehead atoms. The summed E-state index contributed by atoms with van der Waals surface area (Å²) in [6.07, 6.45) is 0.588. The molecule has 2 nitrogen and oxygen atoms in total. The van der Waals surface area contributed by atoms with Crippen LogP contribution in [0.4, 0.5) is 0 Å². The van der Waals surface area contributed by atoms with Gasteiger partial charge in [-0.1, -0.05) is 49.4 Å². The molecule has 0 spiro atoms. The van der Waals surface area contributed by atoms with Crippen LogP contribution in [-0.4, -0.2) is 5.97 Å². The van der Waals surface area contributed by atoms with Gasteiger partial charge in [-0.25, -0.2) is 4.79 Å². The maximum absolute atomic E-state index is 12.3. The Kier molecular flexibility index (Phi) is 4.57. The highest BCUT2D eigenvalue weighted by Gasteiger charge is 2.17. The number of carbonyl (C=O) groups excluding carboxylic acids is 1. The Morgan fingerprint density at radius 3 is 2.45 bits per heavy atom. The first-order valence-electron chi connectivity index (χ1n) is 6.98. The summed E-state index contributed by atoms with van der Waals surface area (Å²) in [5.74, 6) is -0.248. The lowest BCUT2D eigenvalue weighted by Crippen LogP contribution is -2.12. The third-order valence-electron chi connectivity index (χ3n) is 3.54. The number of ether oxygens (including phenoxy) is 1. The van der Waals surface area contributed by atoms with Crippen LogP contribution in [0.5, 0.6) is 0 Å². The molecule has 2 heteroatoms. The fourth-order valence-electron chi connectivity index (χ4n) is 2.38. The Morgan fingerprint density at radius 2 is 1.80 bits per heavy atom. The monoisotopic (exact) mass is 268 g/mol. The minimum absolute atomic E-state index is 0.242. The third-order valence-corrected chi connectivity index (χ3v) is 3.54. The summed E-state index contributed by atoms with van der Waals surface area (Å²) in [7, 11) is 0.